The topological polar surface area (TPSA) is 81.0 Å². The molecule has 0 saturated carbocycles. The quantitative estimate of drug-likeness (QED) is 0.845. The first-order valence-corrected chi connectivity index (χ1v) is 8.65. The normalized spacial score (nSPS) is 19.2. The van der Waals surface area contributed by atoms with Crippen LogP contribution in [0, 0.1) is 0 Å². The van der Waals surface area contributed by atoms with E-state index in [1.54, 1.807) is 29.2 Å². The molecule has 1 N–H and O–H groups in total. The average Bonchev–Trinajstić information content (AvgIpc) is 3.20. The van der Waals surface area contributed by atoms with Gasteiger partial charge in [-0.1, -0.05) is 0 Å². The van der Waals surface area contributed by atoms with Crippen LogP contribution in [0.15, 0.2) is 39.4 Å². The number of hydrogen-bond acceptors (Lipinski definition) is 5. The highest BCUT2D eigenvalue weighted by Gasteiger charge is 2.32. The van der Waals surface area contributed by atoms with Crippen molar-refractivity contribution in [1.82, 2.24) is 5.32 Å². The summed E-state index contributed by atoms with van der Waals surface area (Å²) in [7, 11) is 0. The summed E-state index contributed by atoms with van der Waals surface area (Å²) in [6.45, 7) is 1.40. The number of nitrogens with zero attached hydrogens (tertiary/aromatic N) is 1. The molecule has 2 aromatic rings. The molecular weight excluding hydrogens is 392 g/mol. The molecule has 25 heavy (non-hydrogen) atoms. The number of ether oxygens (including phenoxy) is 2. The molecule has 7 nitrogen and oxygen atoms in total. The first-order chi connectivity index (χ1) is 12.1. The van der Waals surface area contributed by atoms with Crippen molar-refractivity contribution in [2.24, 2.45) is 0 Å². The van der Waals surface area contributed by atoms with Gasteiger partial charge in [0, 0.05) is 24.7 Å². The molecule has 2 amide bonds. The van der Waals surface area contributed by atoms with Crippen molar-refractivity contribution >= 4 is 33.4 Å². The predicted octanol–water partition coefficient (Wildman–Crippen LogP) is 2.35. The van der Waals surface area contributed by atoms with Crippen molar-refractivity contribution in [3.8, 4) is 11.5 Å². The number of carbonyl (C=O) groups excluding carboxylic acids is 2. The van der Waals surface area contributed by atoms with Gasteiger partial charge in [0.15, 0.2) is 21.9 Å². The van der Waals surface area contributed by atoms with Crippen LogP contribution in [0.3, 0.4) is 0 Å². The lowest BCUT2D eigenvalue weighted by Crippen LogP contribution is -2.37. The molecule has 2 aliphatic rings. The minimum atomic E-state index is -0.340. The van der Waals surface area contributed by atoms with Gasteiger partial charge in [-0.25, -0.2) is 0 Å². The summed E-state index contributed by atoms with van der Waals surface area (Å²) in [6.07, 6.45) is 0.238. The van der Waals surface area contributed by atoms with Gasteiger partial charge >= 0.3 is 0 Å². The van der Waals surface area contributed by atoms with Crippen LogP contribution in [0.2, 0.25) is 0 Å². The largest absolute Gasteiger partial charge is 0.486 e. The Morgan fingerprint density at radius 1 is 1.16 bits per heavy atom. The van der Waals surface area contributed by atoms with Gasteiger partial charge in [-0.3, -0.25) is 9.59 Å². The smallest absolute Gasteiger partial charge is 0.287 e. The number of anilines is 1. The van der Waals surface area contributed by atoms with E-state index in [-0.39, 0.29) is 30.0 Å². The van der Waals surface area contributed by atoms with Gasteiger partial charge in [-0.2, -0.15) is 0 Å². The molecule has 0 bridgehead atoms. The van der Waals surface area contributed by atoms with E-state index in [0.717, 1.165) is 5.69 Å². The van der Waals surface area contributed by atoms with Gasteiger partial charge in [-0.05, 0) is 40.2 Å². The summed E-state index contributed by atoms with van der Waals surface area (Å²) in [5.74, 6) is 1.12. The molecule has 8 heteroatoms. The Balaban J connectivity index is 1.46. The highest BCUT2D eigenvalue weighted by Crippen LogP contribution is 2.35. The number of hydrogen-bond donors (Lipinski definition) is 1. The Kier molecular flexibility index (Phi) is 4.12. The third-order valence-electron chi connectivity index (χ3n) is 4.09. The maximum Gasteiger partial charge on any atom is 0.287 e. The van der Waals surface area contributed by atoms with Gasteiger partial charge in [0.25, 0.3) is 5.91 Å². The molecule has 0 aliphatic carbocycles. The Hall–Kier alpha value is -2.48. The minimum absolute atomic E-state index is 0.0531. The van der Waals surface area contributed by atoms with Crippen molar-refractivity contribution in [2.45, 2.75) is 12.5 Å². The molecule has 3 heterocycles. The maximum absolute atomic E-state index is 12.3. The molecule has 0 radical (unpaired) electrons. The van der Waals surface area contributed by atoms with Crippen LogP contribution in [-0.4, -0.2) is 37.6 Å². The second-order valence-electron chi connectivity index (χ2n) is 5.81. The third kappa shape index (κ3) is 3.21. The van der Waals surface area contributed by atoms with Gasteiger partial charge in [-0.15, -0.1) is 0 Å². The van der Waals surface area contributed by atoms with Crippen LogP contribution in [0.1, 0.15) is 17.0 Å². The zero-order chi connectivity index (χ0) is 17.4. The minimum Gasteiger partial charge on any atom is -0.486 e. The number of furan rings is 1. The van der Waals surface area contributed by atoms with Gasteiger partial charge < -0.3 is 24.1 Å². The molecule has 2 aliphatic heterocycles. The van der Waals surface area contributed by atoms with Crippen molar-refractivity contribution in [3.63, 3.8) is 0 Å². The Morgan fingerprint density at radius 3 is 2.72 bits per heavy atom. The summed E-state index contributed by atoms with van der Waals surface area (Å²) < 4.78 is 16.8. The number of fused-ring (bicyclic) bond motifs is 1. The van der Waals surface area contributed by atoms with Crippen LogP contribution in [-0.2, 0) is 4.79 Å². The molecular formula is C17H15BrN2O5. The van der Waals surface area contributed by atoms with E-state index in [9.17, 15) is 9.59 Å². The van der Waals surface area contributed by atoms with E-state index < -0.39 is 0 Å². The van der Waals surface area contributed by atoms with Crippen molar-refractivity contribution in [1.29, 1.82) is 0 Å². The van der Waals surface area contributed by atoms with Crippen LogP contribution in [0.5, 0.6) is 11.5 Å². The van der Waals surface area contributed by atoms with Crippen molar-refractivity contribution < 1.29 is 23.5 Å². The number of amides is 2. The lowest BCUT2D eigenvalue weighted by Gasteiger charge is -2.22. The highest BCUT2D eigenvalue weighted by molar-refractivity contribution is 9.10. The van der Waals surface area contributed by atoms with Crippen LogP contribution >= 0.6 is 15.9 Å². The fourth-order valence-electron chi connectivity index (χ4n) is 2.95. The van der Waals surface area contributed by atoms with E-state index in [1.807, 2.05) is 6.07 Å². The summed E-state index contributed by atoms with van der Waals surface area (Å²) in [4.78, 5) is 26.2. The second kappa shape index (κ2) is 6.44. The molecule has 1 saturated heterocycles. The van der Waals surface area contributed by atoms with E-state index >= 15 is 0 Å². The molecule has 1 aromatic carbocycles. The number of halogens is 1. The summed E-state index contributed by atoms with van der Waals surface area (Å²) in [6, 6.07) is 8.35. The number of benzene rings is 1. The number of rotatable bonds is 3. The zero-order valence-electron chi connectivity index (χ0n) is 13.2. The molecule has 1 fully saturated rings. The van der Waals surface area contributed by atoms with Crippen molar-refractivity contribution in [2.75, 3.05) is 24.7 Å². The fraction of sp³-hybridized carbons (Fsp3) is 0.294. The first kappa shape index (κ1) is 16.0. The van der Waals surface area contributed by atoms with E-state index in [0.29, 0.717) is 35.9 Å². The number of nitrogens with one attached hydrogen (secondary N) is 1. The van der Waals surface area contributed by atoms with Gasteiger partial charge in [0.05, 0.1) is 6.04 Å². The van der Waals surface area contributed by atoms with Crippen LogP contribution in [0.25, 0.3) is 0 Å². The number of carbonyl (C=O) groups is 2. The molecule has 0 spiro atoms. The Morgan fingerprint density at radius 2 is 1.96 bits per heavy atom. The monoisotopic (exact) mass is 406 g/mol. The van der Waals surface area contributed by atoms with Gasteiger partial charge in [0.1, 0.15) is 13.2 Å². The zero-order valence-corrected chi connectivity index (χ0v) is 14.7. The molecule has 1 atom stereocenters. The van der Waals surface area contributed by atoms with Crippen molar-refractivity contribution in [3.05, 3.63) is 40.8 Å². The van der Waals surface area contributed by atoms with E-state index in [2.05, 4.69) is 21.2 Å². The summed E-state index contributed by atoms with van der Waals surface area (Å²) in [5, 5.41) is 2.83. The third-order valence-corrected chi connectivity index (χ3v) is 4.52. The maximum atomic E-state index is 12.3. The van der Waals surface area contributed by atoms with Gasteiger partial charge in [0.2, 0.25) is 5.91 Å². The highest BCUT2D eigenvalue weighted by atomic mass is 79.9. The standard InChI is InChI=1S/C17H15BrN2O5/c18-15-4-3-13(25-15)17(22)19-10-7-16(21)20(9-10)11-1-2-12-14(8-11)24-6-5-23-12/h1-4,8,10H,5-7,9H2,(H,19,22)/t10-/m0/s1. The molecule has 0 unspecified atom stereocenters. The van der Waals surface area contributed by atoms with Crippen LogP contribution in [0.4, 0.5) is 5.69 Å². The molecule has 1 aromatic heterocycles. The first-order valence-electron chi connectivity index (χ1n) is 7.86. The lowest BCUT2D eigenvalue weighted by atomic mass is 10.2. The molecule has 130 valence electrons. The SMILES string of the molecule is O=C(N[C@H]1CC(=O)N(c2ccc3c(c2)OCCO3)C1)c1ccc(Br)o1. The van der Waals surface area contributed by atoms with Crippen LogP contribution < -0.4 is 19.7 Å². The average molecular weight is 407 g/mol. The van der Waals surface area contributed by atoms with E-state index in [4.69, 9.17) is 13.9 Å². The summed E-state index contributed by atoms with van der Waals surface area (Å²) >= 11 is 3.16. The Labute approximate surface area is 152 Å². The second-order valence-corrected chi connectivity index (χ2v) is 6.59. The predicted molar refractivity (Wildman–Crippen MR) is 92.1 cm³/mol. The van der Waals surface area contributed by atoms with E-state index in [1.165, 1.54) is 0 Å². The summed E-state index contributed by atoms with van der Waals surface area (Å²) in [5.41, 5.74) is 0.728. The fourth-order valence-corrected chi connectivity index (χ4v) is 3.25. The Bertz CT molecular complexity index is 834. The molecule has 4 rings (SSSR count). The lowest BCUT2D eigenvalue weighted by molar-refractivity contribution is -0.117.